The lowest BCUT2D eigenvalue weighted by molar-refractivity contribution is 0.299. The minimum Gasteiger partial charge on any atom is -0.494 e. The van der Waals surface area contributed by atoms with E-state index in [1.807, 2.05) is 0 Å². The first-order valence-electron chi connectivity index (χ1n) is 6.51. The first-order chi connectivity index (χ1) is 10.0. The molecule has 2 aromatic carbocycles. The summed E-state index contributed by atoms with van der Waals surface area (Å²) in [4.78, 5) is 0. The molecule has 0 aliphatic carbocycles. The van der Waals surface area contributed by atoms with Crippen molar-refractivity contribution in [2.24, 2.45) is 5.73 Å². The second-order valence-electron chi connectivity index (χ2n) is 4.73. The molecule has 2 rings (SSSR count). The van der Waals surface area contributed by atoms with Crippen molar-refractivity contribution in [1.82, 2.24) is 0 Å². The summed E-state index contributed by atoms with van der Waals surface area (Å²) in [5.74, 6) is -0.158. The Kier molecular flexibility index (Phi) is 4.75. The van der Waals surface area contributed by atoms with Gasteiger partial charge in [0, 0.05) is 11.6 Å². The zero-order valence-electron chi connectivity index (χ0n) is 11.9. The van der Waals surface area contributed by atoms with Gasteiger partial charge in [0.2, 0.25) is 0 Å². The number of nitrogens with two attached hydrogens (primary N) is 1. The van der Waals surface area contributed by atoms with E-state index >= 15 is 0 Å². The molecule has 2 N–H and O–H groups in total. The zero-order valence-corrected chi connectivity index (χ0v) is 11.9. The molecule has 2 aromatic rings. The van der Waals surface area contributed by atoms with E-state index in [0.717, 1.165) is 0 Å². The van der Waals surface area contributed by atoms with Gasteiger partial charge in [0.05, 0.1) is 7.11 Å². The third kappa shape index (κ3) is 3.70. The molecule has 0 spiro atoms. The van der Waals surface area contributed by atoms with Crippen molar-refractivity contribution in [1.29, 1.82) is 0 Å². The maximum absolute atomic E-state index is 13.6. The Balaban J connectivity index is 2.15. The van der Waals surface area contributed by atoms with Gasteiger partial charge in [-0.05, 0) is 42.8 Å². The van der Waals surface area contributed by atoms with Gasteiger partial charge < -0.3 is 15.2 Å². The molecule has 0 aliphatic heterocycles. The zero-order chi connectivity index (χ0) is 15.4. The summed E-state index contributed by atoms with van der Waals surface area (Å²) >= 11 is 0. The molecule has 0 fully saturated rings. The van der Waals surface area contributed by atoms with Crippen LogP contribution in [0, 0.1) is 11.6 Å². The van der Waals surface area contributed by atoms with Crippen LogP contribution in [0.2, 0.25) is 0 Å². The highest BCUT2D eigenvalue weighted by Crippen LogP contribution is 2.26. The topological polar surface area (TPSA) is 44.5 Å². The SMILES string of the molecule is COc1ccc(COc2ccc(F)cc2[C@@H](C)N)cc1F. The van der Waals surface area contributed by atoms with E-state index in [2.05, 4.69) is 0 Å². The summed E-state index contributed by atoms with van der Waals surface area (Å²) < 4.78 is 37.3. The van der Waals surface area contributed by atoms with Crippen molar-refractivity contribution < 1.29 is 18.3 Å². The molecule has 5 heteroatoms. The van der Waals surface area contributed by atoms with Crippen LogP contribution >= 0.6 is 0 Å². The number of benzene rings is 2. The molecular formula is C16H17F2NO2. The maximum atomic E-state index is 13.6. The van der Waals surface area contributed by atoms with Crippen molar-refractivity contribution in [2.75, 3.05) is 7.11 Å². The van der Waals surface area contributed by atoms with Crippen molar-refractivity contribution in [3.8, 4) is 11.5 Å². The van der Waals surface area contributed by atoms with Gasteiger partial charge in [0.15, 0.2) is 11.6 Å². The summed E-state index contributed by atoms with van der Waals surface area (Å²) in [7, 11) is 1.40. The molecule has 0 bridgehead atoms. The normalized spacial score (nSPS) is 12.0. The van der Waals surface area contributed by atoms with Crippen LogP contribution < -0.4 is 15.2 Å². The van der Waals surface area contributed by atoms with E-state index in [1.54, 1.807) is 13.0 Å². The van der Waals surface area contributed by atoms with Crippen LogP contribution in [0.1, 0.15) is 24.1 Å². The van der Waals surface area contributed by atoms with Crippen LogP contribution in [0.25, 0.3) is 0 Å². The summed E-state index contributed by atoms with van der Waals surface area (Å²) in [6.45, 7) is 1.90. The van der Waals surface area contributed by atoms with Gasteiger partial charge in [-0.15, -0.1) is 0 Å². The third-order valence-electron chi connectivity index (χ3n) is 3.07. The highest BCUT2D eigenvalue weighted by Gasteiger charge is 2.10. The summed E-state index contributed by atoms with van der Waals surface area (Å²) in [5.41, 5.74) is 7.01. The molecule has 0 saturated heterocycles. The van der Waals surface area contributed by atoms with E-state index in [-0.39, 0.29) is 24.2 Å². The third-order valence-corrected chi connectivity index (χ3v) is 3.07. The minimum absolute atomic E-state index is 0.159. The van der Waals surface area contributed by atoms with Crippen molar-refractivity contribution in [3.63, 3.8) is 0 Å². The van der Waals surface area contributed by atoms with Crippen LogP contribution in [-0.4, -0.2) is 7.11 Å². The number of methoxy groups -OCH3 is 1. The first-order valence-corrected chi connectivity index (χ1v) is 6.51. The Morgan fingerprint density at radius 2 is 1.81 bits per heavy atom. The molecule has 1 atom stereocenters. The number of halogens is 2. The van der Waals surface area contributed by atoms with E-state index in [1.165, 1.54) is 37.4 Å². The molecule has 21 heavy (non-hydrogen) atoms. The van der Waals surface area contributed by atoms with Gasteiger partial charge in [0.1, 0.15) is 18.2 Å². The fourth-order valence-corrected chi connectivity index (χ4v) is 1.97. The molecule has 0 heterocycles. The van der Waals surface area contributed by atoms with E-state index in [9.17, 15) is 8.78 Å². The molecular weight excluding hydrogens is 276 g/mol. The maximum Gasteiger partial charge on any atom is 0.165 e. The second-order valence-corrected chi connectivity index (χ2v) is 4.73. The largest absolute Gasteiger partial charge is 0.494 e. The van der Waals surface area contributed by atoms with Gasteiger partial charge >= 0.3 is 0 Å². The van der Waals surface area contributed by atoms with Crippen LogP contribution in [-0.2, 0) is 6.61 Å². The molecule has 3 nitrogen and oxygen atoms in total. The number of rotatable bonds is 5. The summed E-state index contributed by atoms with van der Waals surface area (Å²) in [5, 5.41) is 0. The lowest BCUT2D eigenvalue weighted by Gasteiger charge is -2.14. The number of hydrogen-bond acceptors (Lipinski definition) is 3. The molecule has 0 aromatic heterocycles. The molecule has 0 radical (unpaired) electrons. The Hall–Kier alpha value is -2.14. The lowest BCUT2D eigenvalue weighted by atomic mass is 10.1. The number of ether oxygens (including phenoxy) is 2. The Morgan fingerprint density at radius 1 is 1.10 bits per heavy atom. The number of hydrogen-bond donors (Lipinski definition) is 1. The van der Waals surface area contributed by atoms with E-state index in [0.29, 0.717) is 16.9 Å². The quantitative estimate of drug-likeness (QED) is 0.916. The fourth-order valence-electron chi connectivity index (χ4n) is 1.97. The lowest BCUT2D eigenvalue weighted by Crippen LogP contribution is -2.08. The summed E-state index contributed by atoms with van der Waals surface area (Å²) in [6.07, 6.45) is 0. The van der Waals surface area contributed by atoms with Crippen LogP contribution in [0.3, 0.4) is 0 Å². The predicted octanol–water partition coefficient (Wildman–Crippen LogP) is 3.57. The Bertz CT molecular complexity index is 630. The van der Waals surface area contributed by atoms with Crippen molar-refractivity contribution >= 4 is 0 Å². The van der Waals surface area contributed by atoms with E-state index in [4.69, 9.17) is 15.2 Å². The summed E-state index contributed by atoms with van der Waals surface area (Å²) in [6, 6.07) is 8.39. The predicted molar refractivity (Wildman–Crippen MR) is 76.3 cm³/mol. The van der Waals surface area contributed by atoms with Gasteiger partial charge in [-0.1, -0.05) is 6.07 Å². The van der Waals surface area contributed by atoms with Gasteiger partial charge in [-0.3, -0.25) is 0 Å². The standard InChI is InChI=1S/C16H17F2NO2/c1-10(19)13-8-12(17)4-6-15(13)21-9-11-3-5-16(20-2)14(18)7-11/h3-8,10H,9,19H2,1-2H3/t10-/m1/s1. The molecule has 0 saturated carbocycles. The van der Waals surface area contributed by atoms with Gasteiger partial charge in [0.25, 0.3) is 0 Å². The molecule has 0 amide bonds. The van der Waals surface area contributed by atoms with Gasteiger partial charge in [-0.25, -0.2) is 8.78 Å². The smallest absolute Gasteiger partial charge is 0.165 e. The van der Waals surface area contributed by atoms with Crippen molar-refractivity contribution in [2.45, 2.75) is 19.6 Å². The average Bonchev–Trinajstić information content (AvgIpc) is 2.46. The Morgan fingerprint density at radius 3 is 2.43 bits per heavy atom. The van der Waals surface area contributed by atoms with Crippen LogP contribution in [0.4, 0.5) is 8.78 Å². The second kappa shape index (κ2) is 6.54. The molecule has 0 unspecified atom stereocenters. The van der Waals surface area contributed by atoms with E-state index < -0.39 is 5.82 Å². The molecule has 0 aliphatic rings. The average molecular weight is 293 g/mol. The Labute approximate surface area is 122 Å². The van der Waals surface area contributed by atoms with Gasteiger partial charge in [-0.2, -0.15) is 0 Å². The monoisotopic (exact) mass is 293 g/mol. The highest BCUT2D eigenvalue weighted by molar-refractivity contribution is 5.36. The van der Waals surface area contributed by atoms with Crippen molar-refractivity contribution in [3.05, 3.63) is 59.2 Å². The highest BCUT2D eigenvalue weighted by atomic mass is 19.1. The first kappa shape index (κ1) is 15.3. The van der Waals surface area contributed by atoms with Crippen LogP contribution in [0.15, 0.2) is 36.4 Å². The van der Waals surface area contributed by atoms with Crippen LogP contribution in [0.5, 0.6) is 11.5 Å². The fraction of sp³-hybridized carbons (Fsp3) is 0.250. The minimum atomic E-state index is -0.454. The molecule has 112 valence electrons.